The fourth-order valence-corrected chi connectivity index (χ4v) is 5.53. The van der Waals surface area contributed by atoms with E-state index in [1.54, 1.807) is 43.3 Å². The molecule has 1 N–H and O–H groups in total. The van der Waals surface area contributed by atoms with E-state index in [9.17, 15) is 18.0 Å². The Morgan fingerprint density at radius 2 is 1.54 bits per heavy atom. The summed E-state index contributed by atoms with van der Waals surface area (Å²) in [6, 6.07) is 19.4. The van der Waals surface area contributed by atoms with Gasteiger partial charge < -0.3 is 10.2 Å². The fourth-order valence-electron chi connectivity index (χ4n) is 3.99. The van der Waals surface area contributed by atoms with Crippen molar-refractivity contribution in [2.45, 2.75) is 64.6 Å². The lowest BCUT2D eigenvalue weighted by atomic mass is 10.1. The molecule has 7 nitrogen and oxygen atoms in total. The molecule has 0 heterocycles. The van der Waals surface area contributed by atoms with Gasteiger partial charge in [0.05, 0.1) is 10.6 Å². The second kappa shape index (κ2) is 13.1. The van der Waals surface area contributed by atoms with Crippen molar-refractivity contribution in [1.29, 1.82) is 0 Å². The van der Waals surface area contributed by atoms with Crippen LogP contribution in [0.25, 0.3) is 0 Å². The Labute approximate surface area is 236 Å². The maximum absolute atomic E-state index is 14.0. The molecule has 0 saturated carbocycles. The zero-order chi connectivity index (χ0) is 28.7. The van der Waals surface area contributed by atoms with Crippen LogP contribution >= 0.6 is 11.6 Å². The van der Waals surface area contributed by atoms with Gasteiger partial charge in [-0.1, -0.05) is 60.5 Å². The molecule has 9 heteroatoms. The molecule has 2 atom stereocenters. The van der Waals surface area contributed by atoms with E-state index in [1.165, 1.54) is 17.0 Å². The quantitative estimate of drug-likeness (QED) is 0.331. The largest absolute Gasteiger partial charge is 0.352 e. The summed E-state index contributed by atoms with van der Waals surface area (Å²) in [7, 11) is -4.12. The van der Waals surface area contributed by atoms with Crippen molar-refractivity contribution >= 4 is 39.1 Å². The van der Waals surface area contributed by atoms with Crippen LogP contribution in [0.2, 0.25) is 5.02 Å². The van der Waals surface area contributed by atoms with Gasteiger partial charge in [0.15, 0.2) is 0 Å². The molecule has 0 aliphatic rings. The monoisotopic (exact) mass is 569 g/mol. The van der Waals surface area contributed by atoms with Gasteiger partial charge >= 0.3 is 0 Å². The zero-order valence-corrected chi connectivity index (χ0v) is 24.6. The van der Waals surface area contributed by atoms with E-state index in [2.05, 4.69) is 5.32 Å². The molecule has 208 valence electrons. The summed E-state index contributed by atoms with van der Waals surface area (Å²) in [6.45, 7) is 8.98. The number of carbonyl (C=O) groups is 2. The molecule has 2 amide bonds. The molecule has 39 heavy (non-hydrogen) atoms. The van der Waals surface area contributed by atoms with Crippen molar-refractivity contribution in [3.63, 3.8) is 0 Å². The van der Waals surface area contributed by atoms with Crippen molar-refractivity contribution in [2.75, 3.05) is 10.8 Å². The number of anilines is 1. The molecule has 3 rings (SSSR count). The number of amides is 2. The number of nitrogens with one attached hydrogen (secondary N) is 1. The topological polar surface area (TPSA) is 86.8 Å². The first kappa shape index (κ1) is 30.2. The van der Waals surface area contributed by atoms with Crippen LogP contribution in [0, 0.1) is 13.8 Å². The highest BCUT2D eigenvalue weighted by molar-refractivity contribution is 7.92. The first-order valence-corrected chi connectivity index (χ1v) is 14.7. The Morgan fingerprint density at radius 1 is 0.923 bits per heavy atom. The molecule has 0 fully saturated rings. The second-order valence-electron chi connectivity index (χ2n) is 9.74. The molecule has 3 aromatic rings. The van der Waals surface area contributed by atoms with Gasteiger partial charge in [-0.2, -0.15) is 0 Å². The number of rotatable bonds is 11. The molecule has 0 aromatic heterocycles. The normalized spacial score (nSPS) is 12.9. The highest BCUT2D eigenvalue weighted by Gasteiger charge is 2.33. The Kier molecular flexibility index (Phi) is 10.2. The molecular formula is C30H36ClN3O4S. The lowest BCUT2D eigenvalue weighted by Gasteiger charge is -2.32. The minimum atomic E-state index is -4.12. The molecule has 3 aromatic carbocycles. The first-order chi connectivity index (χ1) is 18.4. The van der Waals surface area contributed by atoms with Crippen molar-refractivity contribution < 1.29 is 18.0 Å². The fraction of sp³-hybridized carbons (Fsp3) is 0.333. The summed E-state index contributed by atoms with van der Waals surface area (Å²) >= 11 is 6.07. The Balaban J connectivity index is 2.03. The van der Waals surface area contributed by atoms with Crippen LogP contribution in [-0.2, 0) is 26.2 Å². The molecule has 0 aliphatic carbocycles. The molecular weight excluding hydrogens is 534 g/mol. The number of hydrogen-bond acceptors (Lipinski definition) is 4. The summed E-state index contributed by atoms with van der Waals surface area (Å²) in [5, 5.41) is 3.38. The van der Waals surface area contributed by atoms with E-state index in [0.29, 0.717) is 10.7 Å². The van der Waals surface area contributed by atoms with Crippen LogP contribution in [-0.4, -0.2) is 43.8 Å². The third kappa shape index (κ3) is 7.61. The van der Waals surface area contributed by atoms with Crippen molar-refractivity contribution in [1.82, 2.24) is 10.2 Å². The van der Waals surface area contributed by atoms with E-state index in [4.69, 9.17) is 11.6 Å². The van der Waals surface area contributed by atoms with Gasteiger partial charge in [0.1, 0.15) is 12.6 Å². The number of carbonyl (C=O) groups excluding carboxylic acids is 2. The van der Waals surface area contributed by atoms with Gasteiger partial charge in [-0.25, -0.2) is 8.42 Å². The van der Waals surface area contributed by atoms with Crippen LogP contribution in [0.15, 0.2) is 77.7 Å². The smallest absolute Gasteiger partial charge is 0.264 e. The summed E-state index contributed by atoms with van der Waals surface area (Å²) in [4.78, 5) is 28.6. The zero-order valence-electron chi connectivity index (χ0n) is 23.0. The average molecular weight is 570 g/mol. The molecule has 0 saturated heterocycles. The van der Waals surface area contributed by atoms with Gasteiger partial charge in [0, 0.05) is 17.6 Å². The summed E-state index contributed by atoms with van der Waals surface area (Å²) in [6.07, 6.45) is 0.739. The minimum Gasteiger partial charge on any atom is -0.352 e. The highest BCUT2D eigenvalue weighted by Crippen LogP contribution is 2.26. The van der Waals surface area contributed by atoms with E-state index >= 15 is 0 Å². The third-order valence-corrected chi connectivity index (χ3v) is 8.81. The molecule has 0 radical (unpaired) electrons. The van der Waals surface area contributed by atoms with Crippen LogP contribution in [0.5, 0.6) is 0 Å². The number of sulfonamides is 1. The molecule has 0 bridgehead atoms. The van der Waals surface area contributed by atoms with Gasteiger partial charge in [-0.15, -0.1) is 0 Å². The molecule has 0 unspecified atom stereocenters. The van der Waals surface area contributed by atoms with Gasteiger partial charge in [-0.05, 0) is 81.6 Å². The van der Waals surface area contributed by atoms with Crippen LogP contribution in [0.1, 0.15) is 43.9 Å². The van der Waals surface area contributed by atoms with Crippen molar-refractivity contribution in [3.05, 3.63) is 94.5 Å². The third-order valence-electron chi connectivity index (χ3n) is 6.77. The highest BCUT2D eigenvalue weighted by atomic mass is 35.5. The Hall–Kier alpha value is -3.36. The Bertz CT molecular complexity index is 1390. The predicted molar refractivity (Wildman–Crippen MR) is 156 cm³/mol. The first-order valence-electron chi connectivity index (χ1n) is 12.9. The SMILES string of the molecule is CC[C@@H](C)NC(=O)[C@H](C)N(Cc1ccccc1C)C(=O)CN(c1ccc(Cl)cc1)S(=O)(=O)c1ccc(C)cc1. The summed E-state index contributed by atoms with van der Waals surface area (Å²) in [5.41, 5.74) is 3.04. The maximum atomic E-state index is 14.0. The molecule has 0 aliphatic heterocycles. The van der Waals surface area contributed by atoms with Gasteiger partial charge in [0.2, 0.25) is 11.8 Å². The Morgan fingerprint density at radius 3 is 2.13 bits per heavy atom. The van der Waals surface area contributed by atoms with E-state index in [1.807, 2.05) is 52.0 Å². The lowest BCUT2D eigenvalue weighted by molar-refractivity contribution is -0.139. The van der Waals surface area contributed by atoms with Crippen molar-refractivity contribution in [2.24, 2.45) is 0 Å². The number of hydrogen-bond donors (Lipinski definition) is 1. The predicted octanol–water partition coefficient (Wildman–Crippen LogP) is 5.48. The minimum absolute atomic E-state index is 0.0591. The van der Waals surface area contributed by atoms with Crippen LogP contribution in [0.4, 0.5) is 5.69 Å². The van der Waals surface area contributed by atoms with Gasteiger partial charge in [0.25, 0.3) is 10.0 Å². The van der Waals surface area contributed by atoms with E-state index in [0.717, 1.165) is 27.4 Å². The van der Waals surface area contributed by atoms with Crippen molar-refractivity contribution in [3.8, 4) is 0 Å². The average Bonchev–Trinajstić information content (AvgIpc) is 2.91. The number of halogens is 1. The van der Waals surface area contributed by atoms with Gasteiger partial charge in [-0.3, -0.25) is 13.9 Å². The number of benzene rings is 3. The number of nitrogens with zero attached hydrogens (tertiary/aromatic N) is 2. The van der Waals surface area contributed by atoms with E-state index in [-0.39, 0.29) is 23.4 Å². The molecule has 0 spiro atoms. The maximum Gasteiger partial charge on any atom is 0.264 e. The number of aryl methyl sites for hydroxylation is 2. The summed E-state index contributed by atoms with van der Waals surface area (Å²) in [5.74, 6) is -0.804. The summed E-state index contributed by atoms with van der Waals surface area (Å²) < 4.78 is 28.7. The lowest BCUT2D eigenvalue weighted by Crippen LogP contribution is -2.52. The van der Waals surface area contributed by atoms with Crippen LogP contribution < -0.4 is 9.62 Å². The van der Waals surface area contributed by atoms with Crippen LogP contribution in [0.3, 0.4) is 0 Å². The van der Waals surface area contributed by atoms with E-state index < -0.39 is 28.5 Å². The second-order valence-corrected chi connectivity index (χ2v) is 12.0. The standard InChI is InChI=1S/C30H36ClN3O4S/c1-6-23(4)32-30(36)24(5)33(19-25-10-8-7-9-22(25)3)29(35)20-34(27-15-13-26(31)14-16-27)39(37,38)28-17-11-21(2)12-18-28/h7-18,23-24H,6,19-20H2,1-5H3,(H,32,36)/t23-,24+/m1/s1.